The largest absolute Gasteiger partial charge is 0.352 e. The molecular weight excluding hydrogens is 302 g/mol. The van der Waals surface area contributed by atoms with Crippen molar-refractivity contribution in [1.82, 2.24) is 20.2 Å². The first-order valence-corrected chi connectivity index (χ1v) is 8.46. The molecule has 0 unspecified atom stereocenters. The molecule has 122 valence electrons. The maximum Gasteiger partial charge on any atom is 0.294 e. The molecule has 0 spiro atoms. The minimum Gasteiger partial charge on any atom is -0.352 e. The van der Waals surface area contributed by atoms with E-state index in [1.54, 1.807) is 13.8 Å². The van der Waals surface area contributed by atoms with Crippen LogP contribution in [0.1, 0.15) is 45.2 Å². The van der Waals surface area contributed by atoms with Crippen molar-refractivity contribution in [1.29, 1.82) is 0 Å². The van der Waals surface area contributed by atoms with Crippen molar-refractivity contribution in [3.05, 3.63) is 16.0 Å². The van der Waals surface area contributed by atoms with Crippen LogP contribution in [0.25, 0.3) is 0 Å². The molecule has 3 atom stereocenters. The first-order valence-electron chi connectivity index (χ1n) is 7.58. The Morgan fingerprint density at radius 1 is 1.41 bits per heavy atom. The van der Waals surface area contributed by atoms with E-state index in [0.29, 0.717) is 5.92 Å². The van der Waals surface area contributed by atoms with Gasteiger partial charge in [-0.25, -0.2) is 0 Å². The van der Waals surface area contributed by atoms with E-state index in [1.165, 1.54) is 6.42 Å². The number of nitrogens with one attached hydrogen (secondary N) is 1. The Morgan fingerprint density at radius 3 is 2.77 bits per heavy atom. The van der Waals surface area contributed by atoms with Gasteiger partial charge in [0, 0.05) is 6.04 Å². The number of thioether (sulfide) groups is 1. The average molecular weight is 325 g/mol. The third-order valence-electron chi connectivity index (χ3n) is 4.11. The summed E-state index contributed by atoms with van der Waals surface area (Å²) >= 11 is 1.14. The fourth-order valence-electron chi connectivity index (χ4n) is 2.59. The molecule has 1 aliphatic rings. The monoisotopic (exact) mass is 325 g/mol. The Morgan fingerprint density at radius 2 is 2.09 bits per heavy atom. The maximum atomic E-state index is 12.3. The van der Waals surface area contributed by atoms with Crippen LogP contribution in [0.15, 0.2) is 9.95 Å². The molecule has 3 N–H and O–H groups in total. The van der Waals surface area contributed by atoms with E-state index >= 15 is 0 Å². The Labute approximate surface area is 134 Å². The van der Waals surface area contributed by atoms with Crippen LogP contribution < -0.4 is 16.7 Å². The number of nitrogens with zero attached hydrogens (tertiary/aromatic N) is 3. The number of amides is 1. The summed E-state index contributed by atoms with van der Waals surface area (Å²) in [5.74, 6) is 6.13. The number of rotatable bonds is 4. The van der Waals surface area contributed by atoms with Gasteiger partial charge in [0.05, 0.1) is 5.25 Å². The SMILES string of the molecule is Cc1nnc(S[C@H](C)C(=O)N[C@H]2CCCC[C@@H]2C)n(N)c1=O. The van der Waals surface area contributed by atoms with E-state index in [-0.39, 0.29) is 28.0 Å². The molecule has 0 radical (unpaired) electrons. The minimum absolute atomic E-state index is 0.0569. The second-order valence-corrected chi connectivity index (χ2v) is 7.19. The summed E-state index contributed by atoms with van der Waals surface area (Å²) in [5, 5.41) is 10.6. The lowest BCUT2D eigenvalue weighted by molar-refractivity contribution is -0.121. The topological polar surface area (TPSA) is 103 Å². The van der Waals surface area contributed by atoms with Crippen LogP contribution in [-0.2, 0) is 4.79 Å². The predicted molar refractivity (Wildman–Crippen MR) is 86.1 cm³/mol. The average Bonchev–Trinajstić information content (AvgIpc) is 2.50. The van der Waals surface area contributed by atoms with E-state index < -0.39 is 5.56 Å². The van der Waals surface area contributed by atoms with E-state index in [1.807, 2.05) is 0 Å². The summed E-state index contributed by atoms with van der Waals surface area (Å²) in [7, 11) is 0. The number of nitrogens with two attached hydrogens (primary N) is 1. The Bertz CT molecular complexity index is 603. The number of carbonyl (C=O) groups is 1. The third-order valence-corrected chi connectivity index (χ3v) is 5.17. The third kappa shape index (κ3) is 3.79. The fraction of sp³-hybridized carbons (Fsp3) is 0.714. The van der Waals surface area contributed by atoms with E-state index in [2.05, 4.69) is 22.4 Å². The zero-order valence-electron chi connectivity index (χ0n) is 13.2. The lowest BCUT2D eigenvalue weighted by Gasteiger charge is -2.30. The smallest absolute Gasteiger partial charge is 0.294 e. The highest BCUT2D eigenvalue weighted by molar-refractivity contribution is 8.00. The van der Waals surface area contributed by atoms with Gasteiger partial charge in [0.15, 0.2) is 0 Å². The van der Waals surface area contributed by atoms with Crippen molar-refractivity contribution in [3.63, 3.8) is 0 Å². The van der Waals surface area contributed by atoms with E-state index in [4.69, 9.17) is 5.84 Å². The molecule has 1 saturated carbocycles. The van der Waals surface area contributed by atoms with E-state index in [0.717, 1.165) is 35.7 Å². The second-order valence-electron chi connectivity index (χ2n) is 5.88. The van der Waals surface area contributed by atoms with Crippen molar-refractivity contribution >= 4 is 17.7 Å². The number of aromatic nitrogens is 3. The first-order chi connectivity index (χ1) is 10.4. The van der Waals surface area contributed by atoms with Crippen LogP contribution in [0.4, 0.5) is 0 Å². The van der Waals surface area contributed by atoms with Crippen LogP contribution in [0.3, 0.4) is 0 Å². The van der Waals surface area contributed by atoms with Crippen LogP contribution in [0, 0.1) is 12.8 Å². The summed E-state index contributed by atoms with van der Waals surface area (Å²) in [4.78, 5) is 24.0. The van der Waals surface area contributed by atoms with Gasteiger partial charge in [0.2, 0.25) is 11.1 Å². The standard InChI is InChI=1S/C14H23N5O2S/c1-8-6-4-5-7-11(8)16-12(20)10(3)22-14-18-17-9(2)13(21)19(14)15/h8,10-11H,4-7,15H2,1-3H3,(H,16,20)/t8-,10+,11-/m0/s1. The highest BCUT2D eigenvalue weighted by Gasteiger charge is 2.26. The molecule has 22 heavy (non-hydrogen) atoms. The molecular formula is C14H23N5O2S. The van der Waals surface area contributed by atoms with Gasteiger partial charge in [-0.3, -0.25) is 9.59 Å². The molecule has 7 nitrogen and oxygen atoms in total. The molecule has 1 amide bonds. The molecule has 0 aromatic carbocycles. The molecule has 1 aromatic heterocycles. The van der Waals surface area contributed by atoms with Crippen LogP contribution in [0.2, 0.25) is 0 Å². The van der Waals surface area contributed by atoms with Crippen molar-refractivity contribution in [2.45, 2.75) is 62.9 Å². The summed E-state index contributed by atoms with van der Waals surface area (Å²) in [6.07, 6.45) is 4.56. The van der Waals surface area contributed by atoms with Crippen LogP contribution >= 0.6 is 11.8 Å². The number of hydrogen-bond donors (Lipinski definition) is 2. The Balaban J connectivity index is 1.99. The van der Waals surface area contributed by atoms with Gasteiger partial charge in [-0.05, 0) is 32.6 Å². The molecule has 1 heterocycles. The minimum atomic E-state index is -0.397. The second kappa shape index (κ2) is 7.13. The molecule has 0 aliphatic heterocycles. The Hall–Kier alpha value is -1.57. The summed E-state index contributed by atoms with van der Waals surface area (Å²) < 4.78 is 0.944. The number of aryl methyl sites for hydroxylation is 1. The number of carbonyl (C=O) groups excluding carboxylic acids is 1. The highest BCUT2D eigenvalue weighted by atomic mass is 32.2. The number of nitrogen functional groups attached to an aromatic ring is 1. The van der Waals surface area contributed by atoms with Gasteiger partial charge >= 0.3 is 0 Å². The summed E-state index contributed by atoms with van der Waals surface area (Å²) in [6.45, 7) is 5.50. The zero-order chi connectivity index (χ0) is 16.3. The van der Waals surface area contributed by atoms with Gasteiger partial charge in [0.25, 0.3) is 5.56 Å². The lowest BCUT2D eigenvalue weighted by Crippen LogP contribution is -2.44. The quantitative estimate of drug-likeness (QED) is 0.628. The molecule has 1 aromatic rings. The maximum absolute atomic E-state index is 12.3. The molecule has 8 heteroatoms. The van der Waals surface area contributed by atoms with Gasteiger partial charge in [0.1, 0.15) is 5.69 Å². The van der Waals surface area contributed by atoms with Gasteiger partial charge in [-0.1, -0.05) is 31.5 Å². The molecule has 2 rings (SSSR count). The lowest BCUT2D eigenvalue weighted by atomic mass is 9.86. The highest BCUT2D eigenvalue weighted by Crippen LogP contribution is 2.25. The molecule has 1 aliphatic carbocycles. The number of hydrogen-bond acceptors (Lipinski definition) is 6. The fourth-order valence-corrected chi connectivity index (χ4v) is 3.37. The normalized spacial score (nSPS) is 23.0. The van der Waals surface area contributed by atoms with Crippen molar-refractivity contribution < 1.29 is 4.79 Å². The molecule has 1 fully saturated rings. The van der Waals surface area contributed by atoms with Crippen molar-refractivity contribution in [2.75, 3.05) is 5.84 Å². The first kappa shape index (κ1) is 16.8. The van der Waals surface area contributed by atoms with Crippen LogP contribution in [0.5, 0.6) is 0 Å². The van der Waals surface area contributed by atoms with Gasteiger partial charge in [-0.2, -0.15) is 4.68 Å². The predicted octanol–water partition coefficient (Wildman–Crippen LogP) is 0.836. The summed E-state index contributed by atoms with van der Waals surface area (Å²) in [6, 6.07) is 0.230. The van der Waals surface area contributed by atoms with Crippen molar-refractivity contribution in [2.24, 2.45) is 5.92 Å². The van der Waals surface area contributed by atoms with E-state index in [9.17, 15) is 9.59 Å². The zero-order valence-corrected chi connectivity index (χ0v) is 14.0. The van der Waals surface area contributed by atoms with Gasteiger partial charge < -0.3 is 11.2 Å². The van der Waals surface area contributed by atoms with Crippen LogP contribution in [-0.4, -0.2) is 32.1 Å². The van der Waals surface area contributed by atoms with Gasteiger partial charge in [-0.15, -0.1) is 10.2 Å². The van der Waals surface area contributed by atoms with Crippen molar-refractivity contribution in [3.8, 4) is 0 Å². The summed E-state index contributed by atoms with van der Waals surface area (Å²) in [5.41, 5.74) is -0.161. The Kier molecular flexibility index (Phi) is 5.44. The molecule has 0 bridgehead atoms. The molecule has 0 saturated heterocycles.